The first-order valence-corrected chi connectivity index (χ1v) is 10.5. The minimum absolute atomic E-state index is 0.00305. The Bertz CT molecular complexity index is 1120. The molecule has 0 aliphatic carbocycles. The molecule has 0 spiro atoms. The highest BCUT2D eigenvalue weighted by Gasteiger charge is 2.11. The van der Waals surface area contributed by atoms with Crippen molar-refractivity contribution in [1.29, 1.82) is 0 Å². The molecule has 2 aromatic carbocycles. The van der Waals surface area contributed by atoms with E-state index in [0.717, 1.165) is 16.5 Å². The number of amides is 1. The van der Waals surface area contributed by atoms with E-state index in [9.17, 15) is 18.0 Å². The molecule has 152 valence electrons. The molecule has 3 rings (SSSR count). The van der Waals surface area contributed by atoms with E-state index in [1.165, 1.54) is 12.1 Å². The van der Waals surface area contributed by atoms with E-state index in [1.807, 2.05) is 30.5 Å². The van der Waals surface area contributed by atoms with E-state index in [1.54, 1.807) is 12.1 Å². The van der Waals surface area contributed by atoms with Crippen LogP contribution in [0.3, 0.4) is 0 Å². The van der Waals surface area contributed by atoms with Gasteiger partial charge in [0.25, 0.3) is 5.91 Å². The molecular weight excluding hydrogens is 394 g/mol. The van der Waals surface area contributed by atoms with E-state index in [0.29, 0.717) is 12.0 Å². The Balaban J connectivity index is 1.40. The van der Waals surface area contributed by atoms with Crippen molar-refractivity contribution >= 4 is 32.8 Å². The number of hydrogen-bond acceptors (Lipinski definition) is 5. The maximum absolute atomic E-state index is 11.9. The predicted molar refractivity (Wildman–Crippen MR) is 107 cm³/mol. The number of fused-ring (bicyclic) bond motifs is 1. The summed E-state index contributed by atoms with van der Waals surface area (Å²) in [6.07, 6.45) is 2.55. The fourth-order valence-corrected chi connectivity index (χ4v) is 3.36. The van der Waals surface area contributed by atoms with Gasteiger partial charge in [-0.05, 0) is 35.7 Å². The van der Waals surface area contributed by atoms with Gasteiger partial charge in [0.1, 0.15) is 0 Å². The number of rotatable bonds is 8. The van der Waals surface area contributed by atoms with E-state index < -0.39 is 21.9 Å². The number of sulfonamides is 1. The van der Waals surface area contributed by atoms with Gasteiger partial charge in [-0.1, -0.05) is 30.3 Å². The predicted octanol–water partition coefficient (Wildman–Crippen LogP) is 1.61. The molecule has 1 heterocycles. The lowest BCUT2D eigenvalue weighted by Crippen LogP contribution is -2.28. The number of carbonyl (C=O) groups is 2. The highest BCUT2D eigenvalue weighted by molar-refractivity contribution is 7.89. The van der Waals surface area contributed by atoms with Crippen LogP contribution in [0, 0.1) is 0 Å². The summed E-state index contributed by atoms with van der Waals surface area (Å²) < 4.78 is 27.4. The zero-order valence-electron chi connectivity index (χ0n) is 15.6. The Kier molecular flexibility index (Phi) is 6.30. The number of carbonyl (C=O) groups excluding carboxylic acids is 2. The Morgan fingerprint density at radius 1 is 1.07 bits per heavy atom. The van der Waals surface area contributed by atoms with Gasteiger partial charge < -0.3 is 15.0 Å². The van der Waals surface area contributed by atoms with Crippen molar-refractivity contribution in [2.75, 3.05) is 6.61 Å². The fourth-order valence-electron chi connectivity index (χ4n) is 2.84. The molecule has 0 unspecified atom stereocenters. The van der Waals surface area contributed by atoms with Crippen LogP contribution < -0.4 is 10.5 Å². The first kappa shape index (κ1) is 20.6. The summed E-state index contributed by atoms with van der Waals surface area (Å²) in [5.74, 6) is -0.899. The number of aromatic nitrogens is 1. The molecule has 8 nitrogen and oxygen atoms in total. The number of para-hydroxylation sites is 1. The quantitative estimate of drug-likeness (QED) is 0.481. The minimum atomic E-state index is -3.75. The van der Waals surface area contributed by atoms with Crippen LogP contribution in [-0.4, -0.2) is 31.9 Å². The van der Waals surface area contributed by atoms with Crippen LogP contribution in [0.25, 0.3) is 10.9 Å². The van der Waals surface area contributed by atoms with Crippen molar-refractivity contribution < 1.29 is 22.7 Å². The third-order valence-electron chi connectivity index (χ3n) is 4.38. The third-order valence-corrected chi connectivity index (χ3v) is 5.31. The van der Waals surface area contributed by atoms with Crippen LogP contribution in [0.2, 0.25) is 0 Å². The van der Waals surface area contributed by atoms with Crippen molar-refractivity contribution in [2.45, 2.75) is 24.3 Å². The smallest absolute Gasteiger partial charge is 0.306 e. The molecule has 1 amide bonds. The summed E-state index contributed by atoms with van der Waals surface area (Å²) in [5, 5.41) is 8.70. The number of hydrogen-bond donors (Lipinski definition) is 3. The van der Waals surface area contributed by atoms with E-state index in [4.69, 9.17) is 9.88 Å². The Morgan fingerprint density at radius 2 is 1.79 bits per heavy atom. The Hall–Kier alpha value is -3.17. The molecule has 0 saturated heterocycles. The SMILES string of the molecule is NS(=O)(=O)c1ccc(CNC(=O)COC(=O)CCc2c[nH]c3ccccc23)cc1. The summed E-state index contributed by atoms with van der Waals surface area (Å²) in [4.78, 5) is 26.9. The molecular formula is C20H21N3O5S. The molecule has 0 aliphatic rings. The van der Waals surface area contributed by atoms with Gasteiger partial charge in [-0.15, -0.1) is 0 Å². The number of ether oxygens (including phenoxy) is 1. The standard InChI is InChI=1S/C20H21N3O5S/c21-29(26,27)16-8-5-14(6-9-16)11-23-19(24)13-28-20(25)10-7-15-12-22-18-4-2-1-3-17(15)18/h1-6,8-9,12,22H,7,10-11,13H2,(H,23,24)(H2,21,26,27). The van der Waals surface area contributed by atoms with Gasteiger partial charge >= 0.3 is 5.97 Å². The monoisotopic (exact) mass is 415 g/mol. The van der Waals surface area contributed by atoms with Crippen molar-refractivity contribution in [1.82, 2.24) is 10.3 Å². The average Bonchev–Trinajstić information content (AvgIpc) is 3.12. The van der Waals surface area contributed by atoms with Crippen molar-refractivity contribution in [3.8, 4) is 0 Å². The van der Waals surface area contributed by atoms with E-state index in [-0.39, 0.29) is 24.5 Å². The van der Waals surface area contributed by atoms with Crippen LogP contribution in [0.5, 0.6) is 0 Å². The molecule has 0 saturated carbocycles. The maximum atomic E-state index is 11.9. The number of aryl methyl sites for hydroxylation is 1. The van der Waals surface area contributed by atoms with Gasteiger partial charge in [0.15, 0.2) is 6.61 Å². The zero-order valence-corrected chi connectivity index (χ0v) is 16.4. The summed E-state index contributed by atoms with van der Waals surface area (Å²) in [6, 6.07) is 13.6. The molecule has 0 bridgehead atoms. The number of nitrogens with one attached hydrogen (secondary N) is 2. The van der Waals surface area contributed by atoms with Crippen LogP contribution in [-0.2, 0) is 37.3 Å². The van der Waals surface area contributed by atoms with E-state index in [2.05, 4.69) is 10.3 Å². The summed E-state index contributed by atoms with van der Waals surface area (Å²) >= 11 is 0. The second-order valence-corrected chi connectivity index (χ2v) is 8.05. The van der Waals surface area contributed by atoms with Crippen LogP contribution in [0.1, 0.15) is 17.5 Å². The van der Waals surface area contributed by atoms with Crippen molar-refractivity contribution in [3.63, 3.8) is 0 Å². The highest BCUT2D eigenvalue weighted by Crippen LogP contribution is 2.19. The lowest BCUT2D eigenvalue weighted by Gasteiger charge is -2.07. The number of aromatic amines is 1. The number of primary sulfonamides is 1. The van der Waals surface area contributed by atoms with Gasteiger partial charge in [-0.3, -0.25) is 9.59 Å². The molecule has 0 fully saturated rings. The maximum Gasteiger partial charge on any atom is 0.306 e. The van der Waals surface area contributed by atoms with E-state index >= 15 is 0 Å². The van der Waals surface area contributed by atoms with Gasteiger partial charge in [0, 0.05) is 30.1 Å². The molecule has 9 heteroatoms. The molecule has 4 N–H and O–H groups in total. The van der Waals surface area contributed by atoms with Gasteiger partial charge in [-0.25, -0.2) is 13.6 Å². The lowest BCUT2D eigenvalue weighted by atomic mass is 10.1. The van der Waals surface area contributed by atoms with Gasteiger partial charge in [0.05, 0.1) is 4.90 Å². The summed E-state index contributed by atoms with van der Waals surface area (Å²) in [5.41, 5.74) is 2.72. The van der Waals surface area contributed by atoms with Crippen molar-refractivity contribution in [2.24, 2.45) is 5.14 Å². The first-order chi connectivity index (χ1) is 13.8. The number of esters is 1. The summed E-state index contributed by atoms with van der Waals surface area (Å²) in [6.45, 7) is -0.196. The summed E-state index contributed by atoms with van der Waals surface area (Å²) in [7, 11) is -3.75. The largest absolute Gasteiger partial charge is 0.456 e. The Morgan fingerprint density at radius 3 is 2.52 bits per heavy atom. The van der Waals surface area contributed by atoms with Crippen LogP contribution in [0.15, 0.2) is 59.6 Å². The number of nitrogens with two attached hydrogens (primary N) is 1. The minimum Gasteiger partial charge on any atom is -0.456 e. The second kappa shape index (κ2) is 8.89. The van der Waals surface area contributed by atoms with Crippen molar-refractivity contribution in [3.05, 3.63) is 65.9 Å². The van der Waals surface area contributed by atoms with Crippen LogP contribution >= 0.6 is 0 Å². The molecule has 0 radical (unpaired) electrons. The van der Waals surface area contributed by atoms with Gasteiger partial charge in [-0.2, -0.15) is 0 Å². The van der Waals surface area contributed by atoms with Crippen LogP contribution in [0.4, 0.5) is 0 Å². The first-order valence-electron chi connectivity index (χ1n) is 8.92. The third kappa shape index (κ3) is 5.66. The topological polar surface area (TPSA) is 131 Å². The molecule has 0 atom stereocenters. The van der Waals surface area contributed by atoms with Gasteiger partial charge in [0.2, 0.25) is 10.0 Å². The second-order valence-electron chi connectivity index (χ2n) is 6.49. The lowest BCUT2D eigenvalue weighted by molar-refractivity contribution is -0.148. The number of benzene rings is 2. The number of H-pyrrole nitrogens is 1. The molecule has 0 aliphatic heterocycles. The normalized spacial score (nSPS) is 11.3. The fraction of sp³-hybridized carbons (Fsp3) is 0.200. The molecule has 3 aromatic rings. The Labute approximate surface area is 168 Å². The average molecular weight is 415 g/mol. The highest BCUT2D eigenvalue weighted by atomic mass is 32.2. The molecule has 1 aromatic heterocycles. The zero-order chi connectivity index (χ0) is 20.9. The molecule has 29 heavy (non-hydrogen) atoms.